The average Bonchev–Trinajstić information content (AvgIpc) is 2.94. The molecule has 2 N–H and O–H groups in total. The largest absolute Gasteiger partial charge is 0.451 e. The normalized spacial score (nSPS) is 10.1. The highest BCUT2D eigenvalue weighted by Crippen LogP contribution is 2.19. The molecule has 0 saturated heterocycles. The van der Waals surface area contributed by atoms with Crippen LogP contribution in [0, 0.1) is 5.82 Å². The van der Waals surface area contributed by atoms with Crippen LogP contribution in [-0.4, -0.2) is 23.5 Å². The van der Waals surface area contributed by atoms with Crippen molar-refractivity contribution in [3.63, 3.8) is 0 Å². The highest BCUT2D eigenvalue weighted by molar-refractivity contribution is 6.30. The maximum absolute atomic E-state index is 13.4. The van der Waals surface area contributed by atoms with Gasteiger partial charge in [-0.2, -0.15) is 0 Å². The predicted molar refractivity (Wildman–Crippen MR) is 71.1 cm³/mol. The van der Waals surface area contributed by atoms with Crippen molar-refractivity contribution in [2.75, 3.05) is 11.9 Å². The number of anilines is 1. The highest BCUT2D eigenvalue weighted by atomic mass is 35.5. The number of aromatic amines is 1. The molecule has 1 amide bonds. The van der Waals surface area contributed by atoms with Gasteiger partial charge in [-0.05, 0) is 30.3 Å². The van der Waals surface area contributed by atoms with E-state index in [1.807, 2.05) is 0 Å². The molecular formula is C13H10ClFN2O3. The minimum atomic E-state index is -0.670. The minimum absolute atomic E-state index is 0.0709. The SMILES string of the molecule is O=C(COC(=O)c1ccc[nH]1)Nc1cc(Cl)ccc1F. The first kappa shape index (κ1) is 14.1. The molecule has 2 aromatic rings. The standard InChI is InChI=1S/C13H10ClFN2O3/c14-8-3-4-9(15)11(6-8)17-12(18)7-20-13(19)10-2-1-5-16-10/h1-6,16H,7H2,(H,17,18). The van der Waals surface area contributed by atoms with Crippen LogP contribution in [-0.2, 0) is 9.53 Å². The Morgan fingerprint density at radius 1 is 1.35 bits per heavy atom. The fourth-order valence-corrected chi connectivity index (χ4v) is 1.62. The lowest BCUT2D eigenvalue weighted by Gasteiger charge is -2.07. The first-order valence-electron chi connectivity index (χ1n) is 5.61. The van der Waals surface area contributed by atoms with E-state index < -0.39 is 24.3 Å². The highest BCUT2D eigenvalue weighted by Gasteiger charge is 2.12. The molecule has 1 aromatic heterocycles. The number of rotatable bonds is 4. The Balaban J connectivity index is 1.90. The van der Waals surface area contributed by atoms with Crippen molar-refractivity contribution < 1.29 is 18.7 Å². The lowest BCUT2D eigenvalue weighted by atomic mass is 10.3. The van der Waals surface area contributed by atoms with Crippen LogP contribution >= 0.6 is 11.6 Å². The molecule has 0 unspecified atom stereocenters. The first-order valence-corrected chi connectivity index (χ1v) is 5.99. The van der Waals surface area contributed by atoms with Crippen LogP contribution in [0.3, 0.4) is 0 Å². The molecular weight excluding hydrogens is 287 g/mol. The van der Waals surface area contributed by atoms with Gasteiger partial charge in [0.1, 0.15) is 11.5 Å². The number of esters is 1. The van der Waals surface area contributed by atoms with Gasteiger partial charge in [0.2, 0.25) is 0 Å². The molecule has 104 valence electrons. The van der Waals surface area contributed by atoms with Crippen LogP contribution in [0.4, 0.5) is 10.1 Å². The van der Waals surface area contributed by atoms with Crippen LogP contribution in [0.1, 0.15) is 10.5 Å². The molecule has 0 radical (unpaired) electrons. The third kappa shape index (κ3) is 3.58. The second kappa shape index (κ2) is 6.21. The predicted octanol–water partition coefficient (Wildman–Crippen LogP) is 2.60. The molecule has 20 heavy (non-hydrogen) atoms. The van der Waals surface area contributed by atoms with Crippen LogP contribution in [0.5, 0.6) is 0 Å². The maximum Gasteiger partial charge on any atom is 0.355 e. The summed E-state index contributed by atoms with van der Waals surface area (Å²) in [5, 5.41) is 2.55. The Bertz CT molecular complexity index is 629. The summed E-state index contributed by atoms with van der Waals surface area (Å²) in [7, 11) is 0. The lowest BCUT2D eigenvalue weighted by molar-refractivity contribution is -0.119. The van der Waals surface area contributed by atoms with E-state index in [1.165, 1.54) is 18.2 Å². The molecule has 0 aliphatic rings. The molecule has 0 fully saturated rings. The summed E-state index contributed by atoms with van der Waals surface area (Å²) < 4.78 is 18.1. The molecule has 0 spiro atoms. The van der Waals surface area contributed by atoms with Crippen LogP contribution < -0.4 is 5.32 Å². The van der Waals surface area contributed by atoms with Gasteiger partial charge < -0.3 is 15.0 Å². The van der Waals surface area contributed by atoms with Gasteiger partial charge in [0.05, 0.1) is 5.69 Å². The summed E-state index contributed by atoms with van der Waals surface area (Å²) >= 11 is 5.69. The molecule has 0 aliphatic heterocycles. The summed E-state index contributed by atoms with van der Waals surface area (Å²) in [5.74, 6) is -1.96. The number of hydrogen-bond acceptors (Lipinski definition) is 3. The number of amides is 1. The first-order chi connectivity index (χ1) is 9.56. The van der Waals surface area contributed by atoms with Gasteiger partial charge in [0, 0.05) is 11.2 Å². The van der Waals surface area contributed by atoms with Crippen molar-refractivity contribution in [2.24, 2.45) is 0 Å². The smallest absolute Gasteiger partial charge is 0.355 e. The van der Waals surface area contributed by atoms with Gasteiger partial charge in [-0.25, -0.2) is 9.18 Å². The zero-order valence-corrected chi connectivity index (χ0v) is 10.9. The molecule has 0 aliphatic carbocycles. The number of hydrogen-bond donors (Lipinski definition) is 2. The van der Waals surface area contributed by atoms with Crippen LogP contribution in [0.25, 0.3) is 0 Å². The zero-order chi connectivity index (χ0) is 14.5. The van der Waals surface area contributed by atoms with E-state index in [-0.39, 0.29) is 16.4 Å². The number of aromatic nitrogens is 1. The number of ether oxygens (including phenoxy) is 1. The molecule has 5 nitrogen and oxygen atoms in total. The zero-order valence-electron chi connectivity index (χ0n) is 10.2. The van der Waals surface area contributed by atoms with E-state index in [0.717, 1.165) is 6.07 Å². The molecule has 0 bridgehead atoms. The third-order valence-electron chi connectivity index (χ3n) is 2.35. The van der Waals surface area contributed by atoms with Crippen LogP contribution in [0.2, 0.25) is 5.02 Å². The lowest BCUT2D eigenvalue weighted by Crippen LogP contribution is -2.21. The quantitative estimate of drug-likeness (QED) is 0.852. The van der Waals surface area contributed by atoms with E-state index in [0.29, 0.717) is 0 Å². The molecule has 7 heteroatoms. The van der Waals surface area contributed by atoms with E-state index in [4.69, 9.17) is 16.3 Å². The maximum atomic E-state index is 13.4. The average molecular weight is 297 g/mol. The Hall–Kier alpha value is -2.34. The monoisotopic (exact) mass is 296 g/mol. The van der Waals surface area contributed by atoms with Crippen molar-refractivity contribution in [3.8, 4) is 0 Å². The fourth-order valence-electron chi connectivity index (χ4n) is 1.45. The number of benzene rings is 1. The van der Waals surface area contributed by atoms with Crippen molar-refractivity contribution >= 4 is 29.2 Å². The fraction of sp³-hybridized carbons (Fsp3) is 0.0769. The number of nitrogens with one attached hydrogen (secondary N) is 2. The number of carbonyl (C=O) groups excluding carboxylic acids is 2. The molecule has 0 atom stereocenters. The Morgan fingerprint density at radius 2 is 2.15 bits per heavy atom. The van der Waals surface area contributed by atoms with Gasteiger partial charge in [0.25, 0.3) is 5.91 Å². The van der Waals surface area contributed by atoms with Gasteiger partial charge >= 0.3 is 5.97 Å². The second-order valence-electron chi connectivity index (χ2n) is 3.83. The van der Waals surface area contributed by atoms with E-state index in [1.54, 1.807) is 12.3 Å². The third-order valence-corrected chi connectivity index (χ3v) is 2.59. The molecule has 2 rings (SSSR count). The number of halogens is 2. The summed E-state index contributed by atoms with van der Waals surface area (Å²) in [6.07, 6.45) is 1.55. The van der Waals surface area contributed by atoms with Gasteiger partial charge in [-0.15, -0.1) is 0 Å². The summed E-state index contributed by atoms with van der Waals surface area (Å²) in [4.78, 5) is 25.6. The van der Waals surface area contributed by atoms with Gasteiger partial charge in [0.15, 0.2) is 6.61 Å². The number of carbonyl (C=O) groups is 2. The van der Waals surface area contributed by atoms with E-state index in [2.05, 4.69) is 10.3 Å². The number of H-pyrrole nitrogens is 1. The Morgan fingerprint density at radius 3 is 2.85 bits per heavy atom. The van der Waals surface area contributed by atoms with Crippen molar-refractivity contribution in [1.82, 2.24) is 4.98 Å². The minimum Gasteiger partial charge on any atom is -0.451 e. The topological polar surface area (TPSA) is 71.2 Å². The van der Waals surface area contributed by atoms with Gasteiger partial charge in [-0.3, -0.25) is 4.79 Å². The molecule has 1 aromatic carbocycles. The van der Waals surface area contributed by atoms with Crippen molar-refractivity contribution in [3.05, 3.63) is 53.1 Å². The second-order valence-corrected chi connectivity index (χ2v) is 4.27. The summed E-state index contributed by atoms with van der Waals surface area (Å²) in [6.45, 7) is -0.524. The summed E-state index contributed by atoms with van der Waals surface area (Å²) in [5.41, 5.74) is 0.158. The van der Waals surface area contributed by atoms with E-state index >= 15 is 0 Å². The molecule has 0 saturated carbocycles. The summed E-state index contributed by atoms with van der Waals surface area (Å²) in [6, 6.07) is 6.89. The van der Waals surface area contributed by atoms with Gasteiger partial charge in [-0.1, -0.05) is 11.6 Å². The Kier molecular flexibility index (Phi) is 4.37. The molecule has 1 heterocycles. The van der Waals surface area contributed by atoms with Crippen LogP contribution in [0.15, 0.2) is 36.5 Å². The Labute approximate surface area is 118 Å². The van der Waals surface area contributed by atoms with Crippen molar-refractivity contribution in [2.45, 2.75) is 0 Å². The van der Waals surface area contributed by atoms with Crippen molar-refractivity contribution in [1.29, 1.82) is 0 Å². The van der Waals surface area contributed by atoms with E-state index in [9.17, 15) is 14.0 Å².